The summed E-state index contributed by atoms with van der Waals surface area (Å²) in [6.45, 7) is 6.85. The van der Waals surface area contributed by atoms with Crippen molar-refractivity contribution in [3.8, 4) is 22.4 Å². The Hall–Kier alpha value is -3.17. The summed E-state index contributed by atoms with van der Waals surface area (Å²) < 4.78 is 26.8. The van der Waals surface area contributed by atoms with Crippen LogP contribution in [0.4, 0.5) is 0 Å². The molecule has 0 aliphatic carbocycles. The minimum absolute atomic E-state index is 0.584. The molecule has 1 aliphatic heterocycles. The Bertz CT molecular complexity index is 1630. The van der Waals surface area contributed by atoms with Gasteiger partial charge in [0.25, 0.3) is 0 Å². The van der Waals surface area contributed by atoms with Crippen molar-refractivity contribution in [1.29, 1.82) is 0 Å². The predicted octanol–water partition coefficient (Wildman–Crippen LogP) is 6.91. The van der Waals surface area contributed by atoms with Gasteiger partial charge >= 0.3 is 0 Å². The molecule has 6 rings (SSSR count). The highest BCUT2D eigenvalue weighted by atomic mass is 28.3. The maximum atomic E-state index is 8.94. The molecule has 0 unspecified atom stereocenters. The van der Waals surface area contributed by atoms with Crippen LogP contribution in [0.2, 0.25) is 19.1 Å². The first-order chi connectivity index (χ1) is 16.7. The zero-order chi connectivity index (χ0) is 24.5. The molecular weight excluding hydrogens is 418 g/mol. The Morgan fingerprint density at radius 3 is 2.52 bits per heavy atom. The predicted molar refractivity (Wildman–Crippen MR) is 141 cm³/mol. The zero-order valence-electron chi connectivity index (χ0n) is 21.7. The molecule has 0 saturated carbocycles. The topological polar surface area (TPSA) is 17.0 Å². The van der Waals surface area contributed by atoms with E-state index >= 15 is 0 Å². The maximum Gasteiger partial charge on any atom is 0.216 e. The molecule has 0 amide bonds. The van der Waals surface area contributed by atoms with E-state index < -0.39 is 14.4 Å². The Kier molecular flexibility index (Phi) is 4.11. The fourth-order valence-corrected chi connectivity index (χ4v) is 7.91. The van der Waals surface area contributed by atoms with E-state index in [1.807, 2.05) is 6.07 Å². The van der Waals surface area contributed by atoms with E-state index in [0.29, 0.717) is 6.42 Å². The Morgan fingerprint density at radius 1 is 0.879 bits per heavy atom. The molecule has 0 radical (unpaired) electrons. The molecule has 0 N–H and O–H groups in total. The van der Waals surface area contributed by atoms with E-state index in [0.717, 1.165) is 55.9 Å². The number of para-hydroxylation sites is 1. The minimum Gasteiger partial charge on any atom is -0.454 e. The summed E-state index contributed by atoms with van der Waals surface area (Å²) >= 11 is 0. The van der Waals surface area contributed by atoms with E-state index in [9.17, 15) is 0 Å². The van der Waals surface area contributed by atoms with Gasteiger partial charge in [0.15, 0.2) is 6.20 Å². The van der Waals surface area contributed by atoms with Gasteiger partial charge in [-0.05, 0) is 36.1 Å². The first kappa shape index (κ1) is 18.3. The van der Waals surface area contributed by atoms with Crippen LogP contribution in [0.15, 0.2) is 77.3 Å². The van der Waals surface area contributed by atoms with Gasteiger partial charge in [-0.3, -0.25) is 0 Å². The first-order valence-electron chi connectivity index (χ1n) is 12.7. The molecule has 0 fully saturated rings. The molecule has 0 spiro atoms. The number of fused-ring (bicyclic) bond motifs is 4. The summed E-state index contributed by atoms with van der Waals surface area (Å²) in [6.07, 6.45) is 1.30. The van der Waals surface area contributed by atoms with Gasteiger partial charge < -0.3 is 4.42 Å². The van der Waals surface area contributed by atoms with Gasteiger partial charge in [-0.25, -0.2) is 4.57 Å². The molecule has 5 aromatic rings. The molecule has 2 aromatic heterocycles. The van der Waals surface area contributed by atoms with Gasteiger partial charge in [-0.15, -0.1) is 0 Å². The van der Waals surface area contributed by atoms with Gasteiger partial charge in [0.05, 0.1) is 13.6 Å². The molecule has 0 saturated heterocycles. The van der Waals surface area contributed by atoms with E-state index in [1.165, 1.54) is 10.8 Å². The van der Waals surface area contributed by atoms with Gasteiger partial charge in [0.1, 0.15) is 18.2 Å². The van der Waals surface area contributed by atoms with Gasteiger partial charge in [0.2, 0.25) is 5.69 Å². The normalized spacial score (nSPS) is 17.6. The van der Waals surface area contributed by atoms with Crippen molar-refractivity contribution in [1.82, 2.24) is 0 Å². The van der Waals surface area contributed by atoms with Crippen LogP contribution in [0.5, 0.6) is 0 Å². The number of aromatic nitrogens is 1. The lowest BCUT2D eigenvalue weighted by Gasteiger charge is -2.32. The van der Waals surface area contributed by atoms with E-state index in [1.54, 1.807) is 0 Å². The van der Waals surface area contributed by atoms with Crippen LogP contribution in [0.1, 0.15) is 20.3 Å². The summed E-state index contributed by atoms with van der Waals surface area (Å²) in [7, 11) is 0.357. The van der Waals surface area contributed by atoms with Crippen LogP contribution in [0.3, 0.4) is 0 Å². The quantitative estimate of drug-likeness (QED) is 0.211. The van der Waals surface area contributed by atoms with Crippen LogP contribution in [0.25, 0.3) is 44.3 Å². The molecule has 3 heterocycles. The smallest absolute Gasteiger partial charge is 0.216 e. The van der Waals surface area contributed by atoms with Crippen LogP contribution in [-0.4, -0.2) is 8.07 Å². The molecule has 0 bridgehead atoms. The highest BCUT2D eigenvalue weighted by Gasteiger charge is 2.31. The monoisotopic (exact) mass is 450 g/mol. The van der Waals surface area contributed by atoms with E-state index in [-0.39, 0.29) is 0 Å². The summed E-state index contributed by atoms with van der Waals surface area (Å²) in [5, 5.41) is 3.41. The zero-order valence-corrected chi connectivity index (χ0v) is 20.7. The number of pyridine rings is 1. The minimum atomic E-state index is -1.70. The third-order valence-electron chi connectivity index (χ3n) is 7.32. The van der Waals surface area contributed by atoms with Crippen molar-refractivity contribution in [2.75, 3.05) is 0 Å². The third kappa shape index (κ3) is 3.10. The Labute approximate surface area is 199 Å². The largest absolute Gasteiger partial charge is 0.454 e. The second-order valence-electron chi connectivity index (χ2n) is 9.90. The summed E-state index contributed by atoms with van der Waals surface area (Å²) in [6, 6.07) is 24.2. The van der Waals surface area contributed by atoms with Crippen LogP contribution in [-0.2, 0) is 13.4 Å². The van der Waals surface area contributed by atoms with Crippen molar-refractivity contribution >= 4 is 35.2 Å². The van der Waals surface area contributed by atoms with Crippen molar-refractivity contribution in [3.05, 3.63) is 84.1 Å². The highest BCUT2D eigenvalue weighted by molar-refractivity contribution is 6.90. The fourth-order valence-electron chi connectivity index (χ4n) is 5.44. The summed E-state index contributed by atoms with van der Waals surface area (Å²) in [5.74, 6) is 0. The lowest BCUT2D eigenvalue weighted by molar-refractivity contribution is -0.660. The molecule has 0 atom stereocenters. The van der Waals surface area contributed by atoms with E-state index in [4.69, 9.17) is 7.16 Å². The molecule has 33 heavy (non-hydrogen) atoms. The Balaban J connectivity index is 1.69. The maximum absolute atomic E-state index is 8.94. The van der Waals surface area contributed by atoms with Crippen LogP contribution < -0.4 is 9.75 Å². The fraction of sp³-hybridized carbons (Fsp3) is 0.233. The standard InChI is InChI=1S/C30H30NOSi/c1-20-16-17-25-24-12-7-11-23(21-10-8-15-27-22(21)13-9-19-33(27,3)4)29(24)32-30(25)28(20)26-14-5-6-18-31(26)2/h5-8,10-12,14-18H,9,13,19H2,1-4H3/q+1/i13D2. The van der Waals surface area contributed by atoms with Crippen molar-refractivity contribution in [2.45, 2.75) is 38.9 Å². The summed E-state index contributed by atoms with van der Waals surface area (Å²) in [4.78, 5) is 0. The van der Waals surface area contributed by atoms with Gasteiger partial charge in [0, 0.05) is 31.2 Å². The first-order valence-corrected chi connectivity index (χ1v) is 14.9. The number of benzene rings is 3. The van der Waals surface area contributed by atoms with Crippen molar-refractivity contribution in [2.24, 2.45) is 7.05 Å². The van der Waals surface area contributed by atoms with E-state index in [2.05, 4.69) is 98.5 Å². The number of hydrogen-bond donors (Lipinski definition) is 0. The molecular formula is C30H30NOSi+. The second kappa shape index (κ2) is 7.43. The molecule has 1 aliphatic rings. The molecule has 3 heteroatoms. The molecule has 3 aromatic carbocycles. The lowest BCUT2D eigenvalue weighted by Crippen LogP contribution is -2.46. The molecule has 164 valence electrons. The third-order valence-corrected chi connectivity index (χ3v) is 10.7. The number of hydrogen-bond acceptors (Lipinski definition) is 1. The lowest BCUT2D eigenvalue weighted by atomic mass is 9.94. The average molecular weight is 451 g/mol. The number of nitrogens with zero attached hydrogens (tertiary/aromatic N) is 1. The van der Waals surface area contributed by atoms with Gasteiger partial charge in [-0.1, -0.05) is 79.3 Å². The SMILES string of the molecule is [2H]C1([2H])CC[Si](C)(C)c2cccc(-c3cccc4c3oc3c(-c5cccc[n+]5C)c(C)ccc34)c21. The van der Waals surface area contributed by atoms with Crippen molar-refractivity contribution in [3.63, 3.8) is 0 Å². The second-order valence-corrected chi connectivity index (χ2v) is 14.7. The Morgan fingerprint density at radius 2 is 1.67 bits per heavy atom. The van der Waals surface area contributed by atoms with Crippen molar-refractivity contribution < 1.29 is 11.7 Å². The summed E-state index contributed by atoms with van der Waals surface area (Å²) in [5.41, 5.74) is 7.93. The number of rotatable bonds is 2. The average Bonchev–Trinajstić information content (AvgIpc) is 3.21. The molecule has 2 nitrogen and oxygen atoms in total. The van der Waals surface area contributed by atoms with Crippen LogP contribution >= 0.6 is 0 Å². The number of aryl methyl sites for hydroxylation is 2. The van der Waals surface area contributed by atoms with Crippen LogP contribution in [0, 0.1) is 6.92 Å². The van der Waals surface area contributed by atoms with Gasteiger partial charge in [-0.2, -0.15) is 0 Å². The number of furan rings is 1. The highest BCUT2D eigenvalue weighted by Crippen LogP contribution is 2.41.